The van der Waals surface area contributed by atoms with Crippen molar-refractivity contribution in [1.29, 1.82) is 0 Å². The minimum absolute atomic E-state index is 0.310. The van der Waals surface area contributed by atoms with Gasteiger partial charge >= 0.3 is 0 Å². The molecule has 4 nitrogen and oxygen atoms in total. The van der Waals surface area contributed by atoms with Crippen molar-refractivity contribution in [2.75, 3.05) is 13.1 Å². The van der Waals surface area contributed by atoms with Crippen molar-refractivity contribution in [2.45, 2.75) is 6.04 Å². The molecule has 0 unspecified atom stereocenters. The molecule has 82 valence electrons. The highest BCUT2D eigenvalue weighted by Crippen LogP contribution is 2.28. The van der Waals surface area contributed by atoms with Gasteiger partial charge in [-0.3, -0.25) is 0 Å². The summed E-state index contributed by atoms with van der Waals surface area (Å²) in [5, 5.41) is 11.3. The van der Waals surface area contributed by atoms with Crippen LogP contribution in [0.15, 0.2) is 42.7 Å². The van der Waals surface area contributed by atoms with Gasteiger partial charge in [0.2, 0.25) is 0 Å². The highest BCUT2D eigenvalue weighted by Gasteiger charge is 2.30. The lowest BCUT2D eigenvalue weighted by Crippen LogP contribution is -2.47. The summed E-state index contributed by atoms with van der Waals surface area (Å²) in [6, 6.07) is 10.8. The Morgan fingerprint density at radius 3 is 2.62 bits per heavy atom. The van der Waals surface area contributed by atoms with Gasteiger partial charge < -0.3 is 5.32 Å². The van der Waals surface area contributed by atoms with Crippen LogP contribution in [0.3, 0.4) is 0 Å². The lowest BCUT2D eigenvalue weighted by molar-refractivity contribution is 0.250. The zero-order valence-electron chi connectivity index (χ0n) is 8.95. The number of aromatic nitrogens is 3. The third-order valence-electron chi connectivity index (χ3n) is 3.13. The van der Waals surface area contributed by atoms with Gasteiger partial charge in [0.05, 0.1) is 12.2 Å². The van der Waals surface area contributed by atoms with Crippen molar-refractivity contribution in [2.24, 2.45) is 5.92 Å². The van der Waals surface area contributed by atoms with Crippen LogP contribution in [-0.4, -0.2) is 28.1 Å². The molecule has 1 aliphatic rings. The molecule has 1 fully saturated rings. The number of hydrogen-bond acceptors (Lipinski definition) is 3. The Morgan fingerprint density at radius 2 is 2.06 bits per heavy atom. The van der Waals surface area contributed by atoms with Crippen molar-refractivity contribution < 1.29 is 0 Å². The van der Waals surface area contributed by atoms with Gasteiger partial charge in [0, 0.05) is 25.2 Å². The summed E-state index contributed by atoms with van der Waals surface area (Å²) in [6.07, 6.45) is 3.68. The van der Waals surface area contributed by atoms with E-state index in [1.165, 1.54) is 5.56 Å². The third kappa shape index (κ3) is 1.61. The van der Waals surface area contributed by atoms with Crippen molar-refractivity contribution in [1.82, 2.24) is 20.3 Å². The minimum Gasteiger partial charge on any atom is -0.316 e. The summed E-state index contributed by atoms with van der Waals surface area (Å²) in [7, 11) is 0. The molecule has 1 aliphatic heterocycles. The molecule has 4 heteroatoms. The highest BCUT2D eigenvalue weighted by atomic mass is 15.4. The molecule has 1 N–H and O–H groups in total. The van der Waals surface area contributed by atoms with Gasteiger partial charge in [-0.25, -0.2) is 4.68 Å². The number of nitrogens with one attached hydrogen (secondary N) is 1. The Balaban J connectivity index is 1.96. The first kappa shape index (κ1) is 9.54. The fraction of sp³-hybridized carbons (Fsp3) is 0.333. The quantitative estimate of drug-likeness (QED) is 0.831. The molecule has 2 heterocycles. The maximum atomic E-state index is 4.13. The zero-order valence-corrected chi connectivity index (χ0v) is 8.95. The molecule has 1 aromatic heterocycles. The van der Waals surface area contributed by atoms with Crippen LogP contribution in [0.1, 0.15) is 11.6 Å². The molecule has 2 aromatic rings. The van der Waals surface area contributed by atoms with E-state index >= 15 is 0 Å². The summed E-state index contributed by atoms with van der Waals surface area (Å²) in [4.78, 5) is 0. The summed E-state index contributed by atoms with van der Waals surface area (Å²) >= 11 is 0. The van der Waals surface area contributed by atoms with Crippen LogP contribution in [-0.2, 0) is 0 Å². The van der Waals surface area contributed by atoms with E-state index in [2.05, 4.69) is 39.9 Å². The van der Waals surface area contributed by atoms with Crippen LogP contribution in [0.25, 0.3) is 0 Å². The first-order valence-electron chi connectivity index (χ1n) is 5.56. The maximum Gasteiger partial charge on any atom is 0.0838 e. The average molecular weight is 214 g/mol. The predicted molar refractivity (Wildman–Crippen MR) is 61.0 cm³/mol. The maximum absolute atomic E-state index is 4.13. The van der Waals surface area contributed by atoms with Gasteiger partial charge in [0.1, 0.15) is 0 Å². The van der Waals surface area contributed by atoms with E-state index in [0.717, 1.165) is 13.1 Å². The van der Waals surface area contributed by atoms with E-state index < -0.39 is 0 Å². The Morgan fingerprint density at radius 1 is 1.25 bits per heavy atom. The summed E-state index contributed by atoms with van der Waals surface area (Å²) < 4.78 is 1.96. The van der Waals surface area contributed by atoms with Crippen molar-refractivity contribution in [3.63, 3.8) is 0 Å². The van der Waals surface area contributed by atoms with Crippen LogP contribution in [0.2, 0.25) is 0 Å². The standard InChI is InChI=1S/C12H14N4/c1-2-4-10(5-3-1)12(11-8-13-9-11)16-7-6-14-15-16/h1-7,11-13H,8-9H2/t12-/m1/s1. The smallest absolute Gasteiger partial charge is 0.0838 e. The average Bonchev–Trinajstić information content (AvgIpc) is 2.77. The SMILES string of the molecule is c1ccc([C@H](C2CNC2)n2ccnn2)cc1. The molecule has 1 saturated heterocycles. The van der Waals surface area contributed by atoms with Crippen molar-refractivity contribution >= 4 is 0 Å². The minimum atomic E-state index is 0.310. The molecule has 1 atom stereocenters. The lowest BCUT2D eigenvalue weighted by atomic mass is 9.89. The molecule has 0 amide bonds. The Bertz CT molecular complexity index is 433. The Labute approximate surface area is 94.3 Å². The normalized spacial score (nSPS) is 18.0. The number of nitrogens with zero attached hydrogens (tertiary/aromatic N) is 3. The first-order chi connectivity index (χ1) is 7.95. The van der Waals surface area contributed by atoms with Crippen LogP contribution in [0.5, 0.6) is 0 Å². The largest absolute Gasteiger partial charge is 0.316 e. The molecule has 1 aromatic carbocycles. The number of rotatable bonds is 3. The number of hydrogen-bond donors (Lipinski definition) is 1. The molecule has 0 saturated carbocycles. The second kappa shape index (κ2) is 4.06. The second-order valence-corrected chi connectivity index (χ2v) is 4.16. The van der Waals surface area contributed by atoms with Crippen LogP contribution < -0.4 is 5.32 Å². The van der Waals surface area contributed by atoms with E-state index in [1.54, 1.807) is 6.20 Å². The predicted octanol–water partition coefficient (Wildman–Crippen LogP) is 1.09. The Hall–Kier alpha value is -1.68. The van der Waals surface area contributed by atoms with Gasteiger partial charge in [0.15, 0.2) is 0 Å². The molecule has 0 spiro atoms. The Kier molecular flexibility index (Phi) is 2.42. The summed E-state index contributed by atoms with van der Waals surface area (Å²) in [6.45, 7) is 2.11. The van der Waals surface area contributed by atoms with Crippen LogP contribution >= 0.6 is 0 Å². The second-order valence-electron chi connectivity index (χ2n) is 4.16. The zero-order chi connectivity index (χ0) is 10.8. The topological polar surface area (TPSA) is 42.7 Å². The van der Waals surface area contributed by atoms with E-state index in [9.17, 15) is 0 Å². The van der Waals surface area contributed by atoms with Gasteiger partial charge in [-0.2, -0.15) is 0 Å². The van der Waals surface area contributed by atoms with Crippen molar-refractivity contribution in [3.8, 4) is 0 Å². The molecule has 0 radical (unpaired) electrons. The lowest BCUT2D eigenvalue weighted by Gasteiger charge is -2.34. The first-order valence-corrected chi connectivity index (χ1v) is 5.56. The monoisotopic (exact) mass is 214 g/mol. The van der Waals surface area contributed by atoms with E-state index in [1.807, 2.05) is 16.9 Å². The molecular formula is C12H14N4. The van der Waals surface area contributed by atoms with E-state index in [-0.39, 0.29) is 0 Å². The van der Waals surface area contributed by atoms with Crippen molar-refractivity contribution in [3.05, 3.63) is 48.3 Å². The van der Waals surface area contributed by atoms with Crippen LogP contribution in [0.4, 0.5) is 0 Å². The summed E-state index contributed by atoms with van der Waals surface area (Å²) in [5.41, 5.74) is 1.31. The molecular weight excluding hydrogens is 200 g/mol. The van der Waals surface area contributed by atoms with E-state index in [0.29, 0.717) is 12.0 Å². The third-order valence-corrected chi connectivity index (χ3v) is 3.13. The van der Waals surface area contributed by atoms with Gasteiger partial charge in [-0.15, -0.1) is 5.10 Å². The highest BCUT2D eigenvalue weighted by molar-refractivity contribution is 5.21. The van der Waals surface area contributed by atoms with Gasteiger partial charge in [-0.1, -0.05) is 35.5 Å². The summed E-state index contributed by atoms with van der Waals surface area (Å²) in [5.74, 6) is 0.615. The molecule has 0 aliphatic carbocycles. The molecule has 16 heavy (non-hydrogen) atoms. The van der Waals surface area contributed by atoms with Gasteiger partial charge in [0.25, 0.3) is 0 Å². The fourth-order valence-corrected chi connectivity index (χ4v) is 2.19. The van der Waals surface area contributed by atoms with E-state index in [4.69, 9.17) is 0 Å². The van der Waals surface area contributed by atoms with Crippen LogP contribution in [0, 0.1) is 5.92 Å². The number of benzene rings is 1. The fourth-order valence-electron chi connectivity index (χ4n) is 2.19. The molecule has 3 rings (SSSR count). The molecule has 0 bridgehead atoms. The van der Waals surface area contributed by atoms with Gasteiger partial charge in [-0.05, 0) is 5.56 Å².